The zero-order chi connectivity index (χ0) is 13.2. The van der Waals surface area contributed by atoms with Crippen LogP contribution in [-0.4, -0.2) is 36.3 Å². The number of nitrogen functional groups attached to an aromatic ring is 1. The van der Waals surface area contributed by atoms with E-state index < -0.39 is 0 Å². The lowest BCUT2D eigenvalue weighted by Gasteiger charge is -2.24. The zero-order valence-electron chi connectivity index (χ0n) is 11.0. The van der Waals surface area contributed by atoms with Crippen molar-refractivity contribution in [1.82, 2.24) is 9.97 Å². The molecule has 3 rings (SSSR count). The number of para-hydroxylation sites is 2. The first-order valence-corrected chi connectivity index (χ1v) is 6.57. The Balaban J connectivity index is 1.99. The highest BCUT2D eigenvalue weighted by atomic mass is 16.5. The van der Waals surface area contributed by atoms with Crippen LogP contribution in [0.15, 0.2) is 24.3 Å². The fraction of sp³-hybridized carbons (Fsp3) is 0.429. The van der Waals surface area contributed by atoms with Crippen LogP contribution in [0, 0.1) is 0 Å². The Morgan fingerprint density at radius 2 is 1.95 bits per heavy atom. The van der Waals surface area contributed by atoms with Gasteiger partial charge in [-0.1, -0.05) is 12.1 Å². The summed E-state index contributed by atoms with van der Waals surface area (Å²) in [6.45, 7) is 1.48. The first kappa shape index (κ1) is 12.2. The first-order chi connectivity index (χ1) is 9.29. The van der Waals surface area contributed by atoms with Crippen molar-refractivity contribution in [3.63, 3.8) is 0 Å². The van der Waals surface area contributed by atoms with Crippen molar-refractivity contribution in [3.05, 3.63) is 24.3 Å². The Morgan fingerprint density at radius 3 is 2.58 bits per heavy atom. The van der Waals surface area contributed by atoms with E-state index in [1.165, 1.54) is 12.8 Å². The molecule has 0 amide bonds. The lowest BCUT2D eigenvalue weighted by Crippen LogP contribution is -2.31. The van der Waals surface area contributed by atoms with Gasteiger partial charge < -0.3 is 15.4 Å². The molecule has 1 heterocycles. The summed E-state index contributed by atoms with van der Waals surface area (Å²) in [6.07, 6.45) is 2.38. The lowest BCUT2D eigenvalue weighted by molar-refractivity contribution is 0.205. The van der Waals surface area contributed by atoms with Gasteiger partial charge in [-0.2, -0.15) is 0 Å². The van der Waals surface area contributed by atoms with Crippen LogP contribution < -0.4 is 10.6 Å². The highest BCUT2D eigenvalue weighted by Crippen LogP contribution is 2.33. The van der Waals surface area contributed by atoms with Crippen LogP contribution in [0.4, 0.5) is 11.6 Å². The van der Waals surface area contributed by atoms with Crippen molar-refractivity contribution in [2.75, 3.05) is 30.9 Å². The van der Waals surface area contributed by atoms with E-state index in [1.54, 1.807) is 7.11 Å². The van der Waals surface area contributed by atoms with Crippen molar-refractivity contribution >= 4 is 22.7 Å². The standard InChI is InChI=1S/C14H18N4O/c1-19-9-8-18(10-6-7-10)14-13(15)16-11-4-2-3-5-12(11)17-14/h2-5,10H,6-9H2,1H3,(H2,15,16). The summed E-state index contributed by atoms with van der Waals surface area (Å²) in [5.74, 6) is 1.29. The number of benzene rings is 1. The number of anilines is 2. The average Bonchev–Trinajstić information content (AvgIpc) is 3.24. The monoisotopic (exact) mass is 258 g/mol. The van der Waals surface area contributed by atoms with E-state index in [4.69, 9.17) is 10.5 Å². The molecule has 1 aromatic heterocycles. The van der Waals surface area contributed by atoms with Crippen LogP contribution in [0.3, 0.4) is 0 Å². The summed E-state index contributed by atoms with van der Waals surface area (Å²) >= 11 is 0. The van der Waals surface area contributed by atoms with Crippen molar-refractivity contribution in [2.45, 2.75) is 18.9 Å². The zero-order valence-corrected chi connectivity index (χ0v) is 11.0. The number of nitrogens with zero attached hydrogens (tertiary/aromatic N) is 3. The molecule has 19 heavy (non-hydrogen) atoms. The molecule has 0 spiro atoms. The number of methoxy groups -OCH3 is 1. The van der Waals surface area contributed by atoms with Gasteiger partial charge >= 0.3 is 0 Å². The van der Waals surface area contributed by atoms with Gasteiger partial charge in [-0.3, -0.25) is 0 Å². The Labute approximate surface area is 112 Å². The third-order valence-corrected chi connectivity index (χ3v) is 3.37. The maximum atomic E-state index is 6.07. The van der Waals surface area contributed by atoms with E-state index in [0.717, 1.165) is 23.4 Å². The molecule has 5 heteroatoms. The molecule has 0 saturated heterocycles. The van der Waals surface area contributed by atoms with Gasteiger partial charge in [0.15, 0.2) is 11.6 Å². The number of hydrogen-bond donors (Lipinski definition) is 1. The predicted molar refractivity (Wildman–Crippen MR) is 76.2 cm³/mol. The smallest absolute Gasteiger partial charge is 0.172 e. The Morgan fingerprint density at radius 1 is 1.26 bits per heavy atom. The van der Waals surface area contributed by atoms with Crippen LogP contribution in [0.1, 0.15) is 12.8 Å². The van der Waals surface area contributed by atoms with E-state index in [2.05, 4.69) is 14.9 Å². The van der Waals surface area contributed by atoms with E-state index >= 15 is 0 Å². The largest absolute Gasteiger partial charge is 0.383 e. The molecule has 0 atom stereocenters. The molecule has 0 bridgehead atoms. The quantitative estimate of drug-likeness (QED) is 0.886. The highest BCUT2D eigenvalue weighted by Gasteiger charge is 2.31. The van der Waals surface area contributed by atoms with Crippen molar-refractivity contribution in [3.8, 4) is 0 Å². The second-order valence-corrected chi connectivity index (χ2v) is 4.84. The average molecular weight is 258 g/mol. The number of nitrogens with two attached hydrogens (primary N) is 1. The van der Waals surface area contributed by atoms with Gasteiger partial charge in [-0.05, 0) is 25.0 Å². The number of hydrogen-bond acceptors (Lipinski definition) is 5. The summed E-state index contributed by atoms with van der Waals surface area (Å²) in [6, 6.07) is 8.34. The van der Waals surface area contributed by atoms with E-state index in [0.29, 0.717) is 18.5 Å². The van der Waals surface area contributed by atoms with Crippen LogP contribution in [0.25, 0.3) is 11.0 Å². The van der Waals surface area contributed by atoms with Crippen LogP contribution in [0.5, 0.6) is 0 Å². The fourth-order valence-electron chi connectivity index (χ4n) is 2.25. The fourth-order valence-corrected chi connectivity index (χ4v) is 2.25. The van der Waals surface area contributed by atoms with Crippen LogP contribution in [0.2, 0.25) is 0 Å². The molecule has 5 nitrogen and oxygen atoms in total. The van der Waals surface area contributed by atoms with Gasteiger partial charge in [-0.15, -0.1) is 0 Å². The first-order valence-electron chi connectivity index (χ1n) is 6.57. The lowest BCUT2D eigenvalue weighted by atomic mass is 10.3. The van der Waals surface area contributed by atoms with Crippen LogP contribution in [-0.2, 0) is 4.74 Å². The minimum Gasteiger partial charge on any atom is -0.383 e. The van der Waals surface area contributed by atoms with Gasteiger partial charge in [0, 0.05) is 19.7 Å². The number of fused-ring (bicyclic) bond motifs is 1. The Bertz CT molecular complexity index is 583. The maximum Gasteiger partial charge on any atom is 0.172 e. The SMILES string of the molecule is COCCN(c1nc2ccccc2nc1N)C1CC1. The van der Waals surface area contributed by atoms with Gasteiger partial charge in [0.25, 0.3) is 0 Å². The molecule has 2 N–H and O–H groups in total. The third kappa shape index (κ3) is 2.46. The molecule has 1 aliphatic rings. The Kier molecular flexibility index (Phi) is 3.21. The molecule has 2 aromatic rings. The molecule has 0 unspecified atom stereocenters. The second kappa shape index (κ2) is 5.01. The summed E-state index contributed by atoms with van der Waals surface area (Å²) in [7, 11) is 1.71. The van der Waals surface area contributed by atoms with Crippen molar-refractivity contribution < 1.29 is 4.74 Å². The van der Waals surface area contributed by atoms with Gasteiger partial charge in [0.1, 0.15) is 0 Å². The van der Waals surface area contributed by atoms with E-state index in [9.17, 15) is 0 Å². The summed E-state index contributed by atoms with van der Waals surface area (Å²) in [5.41, 5.74) is 7.79. The molecule has 0 radical (unpaired) electrons. The topological polar surface area (TPSA) is 64.3 Å². The van der Waals surface area contributed by atoms with Crippen molar-refractivity contribution in [2.24, 2.45) is 0 Å². The Hall–Kier alpha value is -1.88. The molecule has 1 aliphatic carbocycles. The molecular weight excluding hydrogens is 240 g/mol. The van der Waals surface area contributed by atoms with E-state index in [1.807, 2.05) is 24.3 Å². The van der Waals surface area contributed by atoms with Crippen LogP contribution >= 0.6 is 0 Å². The van der Waals surface area contributed by atoms with E-state index in [-0.39, 0.29) is 0 Å². The molecule has 1 saturated carbocycles. The van der Waals surface area contributed by atoms with Gasteiger partial charge in [0.05, 0.1) is 17.6 Å². The molecule has 1 fully saturated rings. The maximum absolute atomic E-state index is 6.07. The third-order valence-electron chi connectivity index (χ3n) is 3.37. The molecule has 1 aromatic carbocycles. The highest BCUT2D eigenvalue weighted by molar-refractivity contribution is 5.79. The minimum absolute atomic E-state index is 0.502. The normalized spacial score (nSPS) is 14.8. The summed E-state index contributed by atoms with van der Waals surface area (Å²) in [4.78, 5) is 11.3. The molecule has 0 aliphatic heterocycles. The summed E-state index contributed by atoms with van der Waals surface area (Å²) in [5, 5.41) is 0. The van der Waals surface area contributed by atoms with Gasteiger partial charge in [-0.25, -0.2) is 9.97 Å². The minimum atomic E-state index is 0.502. The van der Waals surface area contributed by atoms with Gasteiger partial charge in [0.2, 0.25) is 0 Å². The number of rotatable bonds is 5. The number of aromatic nitrogens is 2. The predicted octanol–water partition coefficient (Wildman–Crippen LogP) is 1.83. The molecular formula is C14H18N4O. The number of ether oxygens (including phenoxy) is 1. The molecule has 100 valence electrons. The second-order valence-electron chi connectivity index (χ2n) is 4.84. The summed E-state index contributed by atoms with van der Waals surface area (Å²) < 4.78 is 5.17. The van der Waals surface area contributed by atoms with Crippen molar-refractivity contribution in [1.29, 1.82) is 0 Å².